The zero-order chi connectivity index (χ0) is 29.5. The smallest absolute Gasteiger partial charge is 0.232 e. The number of alkyl halides is 1. The van der Waals surface area contributed by atoms with E-state index in [1.54, 1.807) is 0 Å². The molecule has 0 aliphatic carbocycles. The van der Waals surface area contributed by atoms with Crippen molar-refractivity contribution in [3.05, 3.63) is 11.3 Å². The maximum absolute atomic E-state index is 14.5. The van der Waals surface area contributed by atoms with E-state index in [0.717, 1.165) is 95.6 Å². The van der Waals surface area contributed by atoms with Crippen molar-refractivity contribution in [3.63, 3.8) is 0 Å². The molecular formula is C30H57FN8O2. The van der Waals surface area contributed by atoms with Crippen molar-refractivity contribution in [3.8, 4) is 0 Å². The summed E-state index contributed by atoms with van der Waals surface area (Å²) >= 11 is 0. The fraction of sp³-hybridized carbons (Fsp3) is 0.900. The molecule has 0 radical (unpaired) electrons. The Morgan fingerprint density at radius 1 is 1.07 bits per heavy atom. The molecule has 4 aliphatic heterocycles. The number of nitrogens with zero attached hydrogens (tertiary/aromatic N) is 3. The van der Waals surface area contributed by atoms with Crippen LogP contribution in [0.1, 0.15) is 58.8 Å². The third kappa shape index (κ3) is 8.40. The van der Waals surface area contributed by atoms with Gasteiger partial charge in [0.1, 0.15) is 18.3 Å². The van der Waals surface area contributed by atoms with Crippen molar-refractivity contribution < 1.29 is 14.3 Å². The Hall–Kier alpha value is -1.34. The lowest BCUT2D eigenvalue weighted by Gasteiger charge is -2.46. The van der Waals surface area contributed by atoms with Gasteiger partial charge in [-0.2, -0.15) is 0 Å². The van der Waals surface area contributed by atoms with Crippen LogP contribution in [-0.4, -0.2) is 122 Å². The van der Waals surface area contributed by atoms with Crippen molar-refractivity contribution in [2.45, 2.75) is 89.4 Å². The van der Waals surface area contributed by atoms with Crippen LogP contribution in [-0.2, 0) is 4.79 Å². The number of halogens is 1. The largest absolute Gasteiger partial charge is 0.385 e. The monoisotopic (exact) mass is 580 g/mol. The molecule has 0 bridgehead atoms. The molecule has 0 saturated carbocycles. The second-order valence-electron chi connectivity index (χ2n) is 13.0. The summed E-state index contributed by atoms with van der Waals surface area (Å²) in [6.45, 7) is 11.7. The van der Waals surface area contributed by atoms with Crippen molar-refractivity contribution in [2.75, 3.05) is 66.0 Å². The normalized spacial score (nSPS) is 33.6. The number of likely N-dealkylation sites (N-methyl/N-ethyl adjacent to an activating group) is 1. The molecule has 4 rings (SSSR count). The Balaban J connectivity index is 1.42. The molecule has 6 atom stereocenters. The van der Waals surface area contributed by atoms with Crippen LogP contribution in [0.15, 0.2) is 11.3 Å². The van der Waals surface area contributed by atoms with Crippen molar-refractivity contribution >= 4 is 5.91 Å². The van der Waals surface area contributed by atoms with E-state index in [-0.39, 0.29) is 42.6 Å². The number of piperazine rings is 1. The number of hydrogen-bond donors (Lipinski definition) is 6. The minimum atomic E-state index is -0.960. The molecule has 0 aromatic rings. The molecule has 236 valence electrons. The quantitative estimate of drug-likeness (QED) is 0.214. The highest BCUT2D eigenvalue weighted by atomic mass is 19.1. The van der Waals surface area contributed by atoms with Crippen molar-refractivity contribution in [1.82, 2.24) is 30.7 Å². The van der Waals surface area contributed by atoms with Crippen LogP contribution in [0.4, 0.5) is 4.39 Å². The predicted molar refractivity (Wildman–Crippen MR) is 161 cm³/mol. The number of hydrogen-bond acceptors (Lipinski definition) is 9. The average molecular weight is 581 g/mol. The summed E-state index contributed by atoms with van der Waals surface area (Å²) in [5, 5.41) is 21.2. The summed E-state index contributed by atoms with van der Waals surface area (Å²) < 4.78 is 14.5. The molecule has 0 aromatic heterocycles. The van der Waals surface area contributed by atoms with E-state index in [1.165, 1.54) is 0 Å². The van der Waals surface area contributed by atoms with Gasteiger partial charge in [0.15, 0.2) is 0 Å². The third-order valence-corrected chi connectivity index (χ3v) is 10.0. The van der Waals surface area contributed by atoms with Crippen LogP contribution in [0.2, 0.25) is 0 Å². The number of nitrogens with one attached hydrogen (secondary N) is 3. The van der Waals surface area contributed by atoms with E-state index in [4.69, 9.17) is 11.5 Å². The Morgan fingerprint density at radius 2 is 1.78 bits per heavy atom. The summed E-state index contributed by atoms with van der Waals surface area (Å²) in [5.74, 6) is -0.494. The fourth-order valence-corrected chi connectivity index (χ4v) is 7.40. The van der Waals surface area contributed by atoms with Crippen molar-refractivity contribution in [2.24, 2.45) is 29.2 Å². The summed E-state index contributed by atoms with van der Waals surface area (Å²) in [6, 6.07) is 0.131. The Bertz CT molecular complexity index is 859. The summed E-state index contributed by atoms with van der Waals surface area (Å²) in [7, 11) is 2.13. The second-order valence-corrected chi connectivity index (χ2v) is 13.0. The fourth-order valence-electron chi connectivity index (χ4n) is 7.40. The summed E-state index contributed by atoms with van der Waals surface area (Å²) in [6.07, 6.45) is 3.65. The van der Waals surface area contributed by atoms with Gasteiger partial charge in [-0.3, -0.25) is 14.6 Å². The Morgan fingerprint density at radius 3 is 2.44 bits per heavy atom. The number of aliphatic hydroxyl groups is 1. The molecule has 0 aromatic carbocycles. The minimum absolute atomic E-state index is 0.0771. The zero-order valence-corrected chi connectivity index (χ0v) is 25.7. The van der Waals surface area contributed by atoms with Crippen LogP contribution >= 0.6 is 0 Å². The number of nitrogens with two attached hydrogens (primary N) is 2. The highest BCUT2D eigenvalue weighted by Crippen LogP contribution is 2.31. The van der Waals surface area contributed by atoms with E-state index < -0.39 is 18.3 Å². The topological polar surface area (TPSA) is 135 Å². The molecule has 6 unspecified atom stereocenters. The molecule has 3 fully saturated rings. The van der Waals surface area contributed by atoms with Gasteiger partial charge >= 0.3 is 0 Å². The molecular weight excluding hydrogens is 523 g/mol. The number of piperidine rings is 2. The van der Waals surface area contributed by atoms with Gasteiger partial charge in [0.25, 0.3) is 0 Å². The number of rotatable bonds is 9. The van der Waals surface area contributed by atoms with Gasteiger partial charge in [-0.1, -0.05) is 20.3 Å². The first-order valence-electron chi connectivity index (χ1n) is 16.2. The third-order valence-electron chi connectivity index (χ3n) is 10.0. The Kier molecular flexibility index (Phi) is 12.2. The van der Waals surface area contributed by atoms with Gasteiger partial charge in [-0.15, -0.1) is 0 Å². The first-order valence-corrected chi connectivity index (χ1v) is 16.2. The van der Waals surface area contributed by atoms with Gasteiger partial charge in [0.2, 0.25) is 5.91 Å². The maximum Gasteiger partial charge on any atom is 0.232 e. The number of likely N-dealkylation sites (tertiary alicyclic amines) is 1. The van der Waals surface area contributed by atoms with E-state index in [1.807, 2.05) is 0 Å². The van der Waals surface area contributed by atoms with E-state index in [0.29, 0.717) is 13.0 Å². The molecule has 10 nitrogen and oxygen atoms in total. The minimum Gasteiger partial charge on any atom is -0.385 e. The number of carbonyl (C=O) groups excluding carboxylic acids is 1. The molecule has 11 heteroatoms. The van der Waals surface area contributed by atoms with E-state index in [2.05, 4.69) is 51.5 Å². The Labute approximate surface area is 246 Å². The van der Waals surface area contributed by atoms with Crippen LogP contribution in [0.5, 0.6) is 0 Å². The van der Waals surface area contributed by atoms with Gasteiger partial charge in [-0.25, -0.2) is 4.39 Å². The van der Waals surface area contributed by atoms with Gasteiger partial charge in [-0.05, 0) is 76.7 Å². The highest BCUT2D eigenvalue weighted by Gasteiger charge is 2.39. The lowest BCUT2D eigenvalue weighted by atomic mass is 9.84. The second kappa shape index (κ2) is 15.4. The number of aliphatic hydroxyl groups excluding tert-OH is 1. The molecule has 1 amide bonds. The summed E-state index contributed by atoms with van der Waals surface area (Å²) in [4.78, 5) is 21.0. The molecule has 3 saturated heterocycles. The SMILES string of the molecule is CCC/C1=C(\C(C(=O)NC2CNCCC2N2CCC(C(O)N3CCN(C)CC3)CC2)C(N)N)NCC(F)CCC1C. The lowest BCUT2D eigenvalue weighted by molar-refractivity contribution is -0.126. The first-order chi connectivity index (χ1) is 19.7. The predicted octanol–water partition coefficient (Wildman–Crippen LogP) is 0.382. The molecule has 0 spiro atoms. The zero-order valence-electron chi connectivity index (χ0n) is 25.7. The van der Waals surface area contributed by atoms with E-state index in [9.17, 15) is 14.3 Å². The molecule has 8 N–H and O–H groups in total. The van der Waals surface area contributed by atoms with Gasteiger partial charge in [0.05, 0.1) is 12.2 Å². The van der Waals surface area contributed by atoms with Gasteiger partial charge < -0.3 is 37.4 Å². The number of carbonyl (C=O) groups is 1. The summed E-state index contributed by atoms with van der Waals surface area (Å²) in [5.41, 5.74) is 14.5. The average Bonchev–Trinajstić information content (AvgIpc) is 2.96. The number of allylic oxidation sites excluding steroid dienone is 1. The molecule has 41 heavy (non-hydrogen) atoms. The first kappa shape index (κ1) is 32.6. The van der Waals surface area contributed by atoms with Crippen LogP contribution in [0.3, 0.4) is 0 Å². The van der Waals surface area contributed by atoms with Crippen LogP contribution in [0, 0.1) is 17.8 Å². The molecule has 4 heterocycles. The maximum atomic E-state index is 14.5. The van der Waals surface area contributed by atoms with Crippen LogP contribution in [0.25, 0.3) is 0 Å². The van der Waals surface area contributed by atoms with Crippen LogP contribution < -0.4 is 27.4 Å². The lowest BCUT2D eigenvalue weighted by Crippen LogP contribution is -2.63. The van der Waals surface area contributed by atoms with Crippen molar-refractivity contribution in [1.29, 1.82) is 0 Å². The number of amides is 1. The highest BCUT2D eigenvalue weighted by molar-refractivity contribution is 5.82. The van der Waals surface area contributed by atoms with Gasteiger partial charge in [0, 0.05) is 56.9 Å². The van der Waals surface area contributed by atoms with E-state index >= 15 is 0 Å². The molecule has 4 aliphatic rings. The standard InChI is InChI=1S/C30H57FN8O2/c1-4-5-23-20(2)6-7-22(31)18-35-27(23)26(28(32)33)29(40)36-24-19-34-11-8-25(24)38-12-9-21(10-13-38)30(41)39-16-14-37(3)15-17-39/h20-22,24-26,28,30,34-35,41H,4-19,32-33H2,1-3H3,(H,36,40)/b27-23-.